The van der Waals surface area contributed by atoms with Crippen molar-refractivity contribution in [2.75, 3.05) is 32.9 Å². The normalized spacial score (nSPS) is 29.0. The van der Waals surface area contributed by atoms with Gasteiger partial charge in [-0.25, -0.2) is 8.78 Å². The molecule has 3 heterocycles. The number of rotatable bonds is 5. The van der Waals surface area contributed by atoms with Crippen molar-refractivity contribution in [2.45, 2.75) is 38.0 Å². The van der Waals surface area contributed by atoms with Crippen LogP contribution >= 0.6 is 0 Å². The van der Waals surface area contributed by atoms with Gasteiger partial charge in [0.1, 0.15) is 0 Å². The number of carbonyl (C=O) groups is 1. The quantitative estimate of drug-likeness (QED) is 0.850. The zero-order valence-corrected chi connectivity index (χ0v) is 15.3. The van der Waals surface area contributed by atoms with Gasteiger partial charge in [-0.1, -0.05) is 12.1 Å². The van der Waals surface area contributed by atoms with Gasteiger partial charge in [-0.2, -0.15) is 0 Å². The monoisotopic (exact) mass is 380 g/mol. The van der Waals surface area contributed by atoms with Crippen LogP contribution in [0.2, 0.25) is 0 Å². The summed E-state index contributed by atoms with van der Waals surface area (Å²) in [5.74, 6) is -1.45. The van der Waals surface area contributed by atoms with Crippen LogP contribution in [0.15, 0.2) is 18.2 Å². The summed E-state index contributed by atoms with van der Waals surface area (Å²) in [6.07, 6.45) is 2.58. The van der Waals surface area contributed by atoms with Crippen molar-refractivity contribution >= 4 is 5.91 Å². The standard InChI is InChI=1S/C20H26F2N2O3/c21-16-3-1-2-14(18(16)22)11-24-12-15(19-17(24)6-9-27-19)20(25)23-10-13-4-7-26-8-5-13/h1-3,13,15,17,19H,4-12H2,(H,23,25)/t15-,17-,19+/m1/s1. The molecule has 1 N–H and O–H groups in total. The van der Waals surface area contributed by atoms with Gasteiger partial charge in [0, 0.05) is 51.1 Å². The molecule has 27 heavy (non-hydrogen) atoms. The molecule has 0 unspecified atom stereocenters. The summed E-state index contributed by atoms with van der Waals surface area (Å²) in [6, 6.07) is 4.31. The zero-order valence-electron chi connectivity index (χ0n) is 15.3. The van der Waals surface area contributed by atoms with Crippen molar-refractivity contribution < 1.29 is 23.0 Å². The van der Waals surface area contributed by atoms with Gasteiger partial charge in [0.25, 0.3) is 0 Å². The molecule has 1 amide bonds. The molecule has 0 saturated carbocycles. The molecule has 1 aromatic carbocycles. The first kappa shape index (κ1) is 18.8. The molecule has 3 aliphatic heterocycles. The van der Waals surface area contributed by atoms with E-state index in [1.165, 1.54) is 6.07 Å². The molecule has 0 spiro atoms. The van der Waals surface area contributed by atoms with E-state index in [4.69, 9.17) is 9.47 Å². The van der Waals surface area contributed by atoms with Gasteiger partial charge in [0.15, 0.2) is 11.6 Å². The van der Waals surface area contributed by atoms with Crippen molar-refractivity contribution in [1.82, 2.24) is 10.2 Å². The highest BCUT2D eigenvalue weighted by Crippen LogP contribution is 2.35. The molecule has 1 aromatic rings. The smallest absolute Gasteiger partial charge is 0.227 e. The topological polar surface area (TPSA) is 50.8 Å². The predicted molar refractivity (Wildman–Crippen MR) is 95.0 cm³/mol. The second-order valence-corrected chi connectivity index (χ2v) is 7.74. The van der Waals surface area contributed by atoms with E-state index in [2.05, 4.69) is 10.2 Å². The van der Waals surface area contributed by atoms with Crippen molar-refractivity contribution in [3.63, 3.8) is 0 Å². The van der Waals surface area contributed by atoms with Gasteiger partial charge < -0.3 is 14.8 Å². The Bertz CT molecular complexity index is 681. The number of hydrogen-bond donors (Lipinski definition) is 1. The minimum atomic E-state index is -0.836. The minimum Gasteiger partial charge on any atom is -0.381 e. The van der Waals surface area contributed by atoms with Gasteiger partial charge in [-0.15, -0.1) is 0 Å². The second kappa shape index (κ2) is 8.20. The minimum absolute atomic E-state index is 0.000561. The fraction of sp³-hybridized carbons (Fsp3) is 0.650. The number of nitrogens with zero attached hydrogens (tertiary/aromatic N) is 1. The number of hydrogen-bond acceptors (Lipinski definition) is 4. The maximum atomic E-state index is 14.1. The number of likely N-dealkylation sites (tertiary alicyclic amines) is 1. The first-order valence-electron chi connectivity index (χ1n) is 9.77. The molecule has 3 atom stereocenters. The average molecular weight is 380 g/mol. The molecular weight excluding hydrogens is 354 g/mol. The van der Waals surface area contributed by atoms with Crippen LogP contribution in [0.25, 0.3) is 0 Å². The number of nitrogens with one attached hydrogen (secondary N) is 1. The molecule has 3 saturated heterocycles. The number of halogens is 2. The second-order valence-electron chi connectivity index (χ2n) is 7.74. The summed E-state index contributed by atoms with van der Waals surface area (Å²) < 4.78 is 38.8. The van der Waals surface area contributed by atoms with Crippen molar-refractivity contribution in [3.05, 3.63) is 35.4 Å². The third kappa shape index (κ3) is 4.00. The number of carbonyl (C=O) groups excluding carboxylic acids is 1. The molecule has 0 aliphatic carbocycles. The van der Waals surface area contributed by atoms with Gasteiger partial charge in [-0.3, -0.25) is 9.69 Å². The van der Waals surface area contributed by atoms with Gasteiger partial charge >= 0.3 is 0 Å². The molecular formula is C20H26F2N2O3. The van der Waals surface area contributed by atoms with E-state index in [0.717, 1.165) is 38.5 Å². The molecule has 7 heteroatoms. The third-order valence-electron chi connectivity index (χ3n) is 6.05. The van der Waals surface area contributed by atoms with Crippen LogP contribution in [0, 0.1) is 23.5 Å². The number of fused-ring (bicyclic) bond motifs is 1. The van der Waals surface area contributed by atoms with E-state index >= 15 is 0 Å². The van der Waals surface area contributed by atoms with E-state index in [-0.39, 0.29) is 30.5 Å². The highest BCUT2D eigenvalue weighted by Gasteiger charge is 2.48. The van der Waals surface area contributed by atoms with Crippen LogP contribution in [0.5, 0.6) is 0 Å². The summed E-state index contributed by atoms with van der Waals surface area (Å²) in [4.78, 5) is 14.8. The molecule has 3 fully saturated rings. The lowest BCUT2D eigenvalue weighted by molar-refractivity contribution is -0.128. The summed E-state index contributed by atoms with van der Waals surface area (Å²) in [6.45, 7) is 3.56. The van der Waals surface area contributed by atoms with Crippen molar-refractivity contribution in [2.24, 2.45) is 11.8 Å². The summed E-state index contributed by atoms with van der Waals surface area (Å²) >= 11 is 0. The van der Waals surface area contributed by atoms with Gasteiger partial charge in [0.2, 0.25) is 5.91 Å². The maximum absolute atomic E-state index is 14.1. The highest BCUT2D eigenvalue weighted by atomic mass is 19.2. The molecule has 0 bridgehead atoms. The van der Waals surface area contributed by atoms with Crippen LogP contribution in [0.1, 0.15) is 24.8 Å². The van der Waals surface area contributed by atoms with Crippen molar-refractivity contribution in [1.29, 1.82) is 0 Å². The lowest BCUT2D eigenvalue weighted by Crippen LogP contribution is -2.40. The Kier molecular flexibility index (Phi) is 5.71. The molecule has 5 nitrogen and oxygen atoms in total. The number of benzene rings is 1. The fourth-order valence-electron chi connectivity index (χ4n) is 4.50. The summed E-state index contributed by atoms with van der Waals surface area (Å²) in [5, 5.41) is 3.08. The first-order valence-corrected chi connectivity index (χ1v) is 9.77. The van der Waals surface area contributed by atoms with E-state index in [1.807, 2.05) is 0 Å². The van der Waals surface area contributed by atoms with Gasteiger partial charge in [0.05, 0.1) is 12.0 Å². The third-order valence-corrected chi connectivity index (χ3v) is 6.05. The van der Waals surface area contributed by atoms with Crippen molar-refractivity contribution in [3.8, 4) is 0 Å². The lowest BCUT2D eigenvalue weighted by Gasteiger charge is -2.23. The van der Waals surface area contributed by atoms with E-state index in [1.54, 1.807) is 6.07 Å². The first-order chi connectivity index (χ1) is 13.1. The Morgan fingerprint density at radius 3 is 2.81 bits per heavy atom. The Balaban J connectivity index is 1.39. The number of amides is 1. The van der Waals surface area contributed by atoms with E-state index in [0.29, 0.717) is 31.2 Å². The van der Waals surface area contributed by atoms with Crippen LogP contribution in [-0.4, -0.2) is 55.9 Å². The van der Waals surface area contributed by atoms with E-state index < -0.39 is 11.6 Å². The lowest BCUT2D eigenvalue weighted by atomic mass is 9.98. The molecule has 4 rings (SSSR count). The zero-order chi connectivity index (χ0) is 18.8. The van der Waals surface area contributed by atoms with Crippen LogP contribution in [0.3, 0.4) is 0 Å². The van der Waals surface area contributed by atoms with Crippen LogP contribution in [0.4, 0.5) is 8.78 Å². The predicted octanol–water partition coefficient (Wildman–Crippen LogP) is 2.10. The molecule has 0 aromatic heterocycles. The Labute approximate surface area is 158 Å². The largest absolute Gasteiger partial charge is 0.381 e. The SMILES string of the molecule is O=C(NCC1CCOCC1)[C@@H]1CN(Cc2cccc(F)c2F)[C@@H]2CCO[C@H]21. The Hall–Kier alpha value is -1.57. The van der Waals surface area contributed by atoms with Gasteiger partial charge in [-0.05, 0) is 31.2 Å². The highest BCUT2D eigenvalue weighted by molar-refractivity contribution is 5.80. The Morgan fingerprint density at radius 2 is 2.00 bits per heavy atom. The van der Waals surface area contributed by atoms with E-state index in [9.17, 15) is 13.6 Å². The van der Waals surface area contributed by atoms with Crippen LogP contribution in [-0.2, 0) is 20.8 Å². The molecule has 0 radical (unpaired) electrons. The molecule has 3 aliphatic rings. The number of ether oxygens (including phenoxy) is 2. The maximum Gasteiger partial charge on any atom is 0.227 e. The molecule has 148 valence electrons. The van der Waals surface area contributed by atoms with Crippen LogP contribution < -0.4 is 5.32 Å². The average Bonchev–Trinajstić information content (AvgIpc) is 3.28. The Morgan fingerprint density at radius 1 is 1.19 bits per heavy atom. The summed E-state index contributed by atoms with van der Waals surface area (Å²) in [5.41, 5.74) is 0.323. The fourth-order valence-corrected chi connectivity index (χ4v) is 4.50. The summed E-state index contributed by atoms with van der Waals surface area (Å²) in [7, 11) is 0.